The molecule has 4 nitrogen and oxygen atoms in total. The van der Waals surface area contributed by atoms with E-state index in [0.717, 1.165) is 17.5 Å². The Morgan fingerprint density at radius 1 is 1.03 bits per heavy atom. The number of carbonyl (C=O) groups excluding carboxylic acids is 2. The van der Waals surface area contributed by atoms with E-state index in [2.05, 4.69) is 5.32 Å². The van der Waals surface area contributed by atoms with Crippen molar-refractivity contribution in [2.24, 2.45) is 0 Å². The van der Waals surface area contributed by atoms with Crippen LogP contribution in [0.2, 0.25) is 10.0 Å². The summed E-state index contributed by atoms with van der Waals surface area (Å²) >= 11 is 13.7. The second kappa shape index (κ2) is 13.0. The number of thioether (sulfide) groups is 1. The first-order valence-electron chi connectivity index (χ1n) is 10.5. The number of nitrogens with zero attached hydrogens (tertiary/aromatic N) is 1. The Hall–Kier alpha value is -1.69. The molecular formula is C24H30Cl2N2O2S. The molecule has 2 atom stereocenters. The fourth-order valence-corrected chi connectivity index (χ4v) is 4.42. The summed E-state index contributed by atoms with van der Waals surface area (Å²) in [6, 6.07) is 14.5. The summed E-state index contributed by atoms with van der Waals surface area (Å²) in [5, 5.41) is 4.35. The van der Waals surface area contributed by atoms with Crippen LogP contribution >= 0.6 is 35.0 Å². The van der Waals surface area contributed by atoms with E-state index < -0.39 is 6.04 Å². The van der Waals surface area contributed by atoms with Gasteiger partial charge in [0.05, 0.1) is 5.75 Å². The molecule has 0 heterocycles. The lowest BCUT2D eigenvalue weighted by Crippen LogP contribution is -2.51. The third kappa shape index (κ3) is 8.06. The number of benzene rings is 2. The van der Waals surface area contributed by atoms with Gasteiger partial charge in [-0.1, -0.05) is 67.4 Å². The fraction of sp³-hybridized carbons (Fsp3) is 0.417. The molecule has 2 rings (SSSR count). The van der Waals surface area contributed by atoms with E-state index in [1.165, 1.54) is 11.8 Å². The summed E-state index contributed by atoms with van der Waals surface area (Å²) in [5.41, 5.74) is 1.93. The van der Waals surface area contributed by atoms with Gasteiger partial charge in [0.25, 0.3) is 0 Å². The van der Waals surface area contributed by atoms with Gasteiger partial charge < -0.3 is 10.2 Å². The lowest BCUT2D eigenvalue weighted by Gasteiger charge is -2.31. The van der Waals surface area contributed by atoms with Crippen LogP contribution in [0, 0.1) is 0 Å². The highest BCUT2D eigenvalue weighted by molar-refractivity contribution is 7.99. The van der Waals surface area contributed by atoms with E-state index in [1.54, 1.807) is 17.0 Å². The van der Waals surface area contributed by atoms with Crippen molar-refractivity contribution < 1.29 is 9.59 Å². The second-order valence-electron chi connectivity index (χ2n) is 7.47. The highest BCUT2D eigenvalue weighted by Gasteiger charge is 2.29. The largest absolute Gasteiger partial charge is 0.352 e. The fourth-order valence-electron chi connectivity index (χ4n) is 3.09. The first-order chi connectivity index (χ1) is 14.8. The number of hydrogen-bond donors (Lipinski definition) is 1. The van der Waals surface area contributed by atoms with E-state index in [0.29, 0.717) is 28.8 Å². The molecule has 0 spiro atoms. The smallest absolute Gasteiger partial charge is 0.243 e. The van der Waals surface area contributed by atoms with E-state index in [1.807, 2.05) is 57.2 Å². The molecular weight excluding hydrogens is 451 g/mol. The average Bonchev–Trinajstić information content (AvgIpc) is 2.76. The molecule has 0 fully saturated rings. The first kappa shape index (κ1) is 25.6. The third-order valence-corrected chi connectivity index (χ3v) is 6.68. The predicted molar refractivity (Wildman–Crippen MR) is 132 cm³/mol. The number of carbonyl (C=O) groups is 2. The molecule has 31 heavy (non-hydrogen) atoms. The van der Waals surface area contributed by atoms with E-state index in [4.69, 9.17) is 23.2 Å². The summed E-state index contributed by atoms with van der Waals surface area (Å²) < 4.78 is 0. The van der Waals surface area contributed by atoms with E-state index in [9.17, 15) is 9.59 Å². The average molecular weight is 481 g/mol. The Balaban J connectivity index is 2.14. The normalized spacial score (nSPS) is 12.8. The van der Waals surface area contributed by atoms with Gasteiger partial charge in [0.15, 0.2) is 0 Å². The van der Waals surface area contributed by atoms with Crippen LogP contribution in [0.15, 0.2) is 48.5 Å². The van der Waals surface area contributed by atoms with Crippen molar-refractivity contribution in [1.29, 1.82) is 0 Å². The maximum atomic E-state index is 13.2. The molecule has 0 radical (unpaired) electrons. The van der Waals surface area contributed by atoms with Crippen molar-refractivity contribution >= 4 is 46.8 Å². The Kier molecular flexibility index (Phi) is 10.7. The zero-order valence-electron chi connectivity index (χ0n) is 18.2. The minimum Gasteiger partial charge on any atom is -0.352 e. The minimum absolute atomic E-state index is 0.0589. The van der Waals surface area contributed by atoms with Crippen LogP contribution in [0.4, 0.5) is 0 Å². The van der Waals surface area contributed by atoms with E-state index >= 15 is 0 Å². The maximum absolute atomic E-state index is 13.2. The molecule has 168 valence electrons. The van der Waals surface area contributed by atoms with Crippen LogP contribution in [0.3, 0.4) is 0 Å². The quantitative estimate of drug-likeness (QED) is 0.432. The lowest BCUT2D eigenvalue weighted by molar-refractivity contribution is -0.139. The highest BCUT2D eigenvalue weighted by Crippen LogP contribution is 2.22. The van der Waals surface area contributed by atoms with Crippen LogP contribution in [0.25, 0.3) is 0 Å². The third-order valence-electron chi connectivity index (χ3n) is 5.09. The molecule has 0 saturated carbocycles. The van der Waals surface area contributed by atoms with Crippen LogP contribution in [-0.2, 0) is 21.9 Å². The summed E-state index contributed by atoms with van der Waals surface area (Å²) in [7, 11) is 0. The van der Waals surface area contributed by atoms with E-state index in [-0.39, 0.29) is 23.6 Å². The van der Waals surface area contributed by atoms with Crippen molar-refractivity contribution in [3.63, 3.8) is 0 Å². The van der Waals surface area contributed by atoms with Crippen LogP contribution < -0.4 is 5.32 Å². The zero-order chi connectivity index (χ0) is 22.8. The molecule has 2 aromatic rings. The second-order valence-corrected chi connectivity index (χ2v) is 9.30. The van der Waals surface area contributed by atoms with Gasteiger partial charge in [0, 0.05) is 28.4 Å². The summed E-state index contributed by atoms with van der Waals surface area (Å²) in [4.78, 5) is 27.8. The van der Waals surface area contributed by atoms with Crippen LogP contribution in [0.5, 0.6) is 0 Å². The number of halogens is 2. The van der Waals surface area contributed by atoms with Gasteiger partial charge in [0.1, 0.15) is 6.04 Å². The Bertz CT molecular complexity index is 861. The molecule has 2 amide bonds. The van der Waals surface area contributed by atoms with Gasteiger partial charge in [-0.15, -0.1) is 11.8 Å². The number of rotatable bonds is 11. The maximum Gasteiger partial charge on any atom is 0.243 e. The van der Waals surface area contributed by atoms with Crippen molar-refractivity contribution in [2.75, 3.05) is 5.75 Å². The molecule has 7 heteroatoms. The van der Waals surface area contributed by atoms with Gasteiger partial charge in [0.2, 0.25) is 11.8 Å². The molecule has 0 unspecified atom stereocenters. The summed E-state index contributed by atoms with van der Waals surface area (Å²) in [6.07, 6.45) is 1.37. The lowest BCUT2D eigenvalue weighted by atomic mass is 10.1. The molecule has 0 aliphatic rings. The number of nitrogens with one attached hydrogen (secondary N) is 1. The highest BCUT2D eigenvalue weighted by atomic mass is 35.5. The van der Waals surface area contributed by atoms with Crippen molar-refractivity contribution in [2.45, 2.75) is 58.0 Å². The minimum atomic E-state index is -0.530. The molecule has 0 aromatic heterocycles. The summed E-state index contributed by atoms with van der Waals surface area (Å²) in [5.74, 6) is 0.718. The van der Waals surface area contributed by atoms with Gasteiger partial charge in [-0.3, -0.25) is 9.59 Å². The Labute approximate surface area is 199 Å². The molecule has 1 N–H and O–H groups in total. The van der Waals surface area contributed by atoms with Crippen LogP contribution in [-0.4, -0.2) is 34.6 Å². The Morgan fingerprint density at radius 2 is 1.71 bits per heavy atom. The summed E-state index contributed by atoms with van der Waals surface area (Å²) in [6.45, 7) is 6.28. The SMILES string of the molecule is CC[C@H](C(=O)N[C@@H](C)CC)N(Cc1ccc(Cl)cc1)C(=O)CSCc1ccccc1Cl. The molecule has 2 aromatic carbocycles. The van der Waals surface area contributed by atoms with Crippen molar-refractivity contribution in [1.82, 2.24) is 10.2 Å². The van der Waals surface area contributed by atoms with Crippen molar-refractivity contribution in [3.05, 3.63) is 69.7 Å². The molecule has 0 bridgehead atoms. The predicted octanol–water partition coefficient (Wildman–Crippen LogP) is 5.95. The number of hydrogen-bond acceptors (Lipinski definition) is 3. The van der Waals surface area contributed by atoms with Crippen LogP contribution in [0.1, 0.15) is 44.7 Å². The zero-order valence-corrected chi connectivity index (χ0v) is 20.6. The standard InChI is InChI=1S/C24H30Cl2N2O2S/c1-4-17(3)27-24(30)22(5-2)28(14-18-10-12-20(25)13-11-18)23(29)16-31-15-19-8-6-7-9-21(19)26/h6-13,17,22H,4-5,14-16H2,1-3H3,(H,27,30)/t17-,22+/m0/s1. The Morgan fingerprint density at radius 3 is 2.32 bits per heavy atom. The number of amides is 2. The van der Waals surface area contributed by atoms with Gasteiger partial charge in [-0.05, 0) is 49.1 Å². The van der Waals surface area contributed by atoms with Crippen molar-refractivity contribution in [3.8, 4) is 0 Å². The van der Waals surface area contributed by atoms with Gasteiger partial charge in [-0.2, -0.15) is 0 Å². The molecule has 0 saturated heterocycles. The molecule has 0 aliphatic heterocycles. The topological polar surface area (TPSA) is 49.4 Å². The monoisotopic (exact) mass is 480 g/mol. The van der Waals surface area contributed by atoms with Gasteiger partial charge in [-0.25, -0.2) is 0 Å². The first-order valence-corrected chi connectivity index (χ1v) is 12.4. The van der Waals surface area contributed by atoms with Gasteiger partial charge >= 0.3 is 0 Å². The molecule has 0 aliphatic carbocycles.